The molecule has 1 atom stereocenters. The molecular formula is C22H20N2O6S. The normalized spacial score (nSPS) is 16.9. The van der Waals surface area contributed by atoms with Crippen molar-refractivity contribution in [2.45, 2.75) is 12.3 Å². The number of methoxy groups -OCH3 is 2. The molecule has 0 fully saturated rings. The van der Waals surface area contributed by atoms with Crippen molar-refractivity contribution in [1.29, 1.82) is 0 Å². The highest BCUT2D eigenvalue weighted by molar-refractivity contribution is 7.10. The molecule has 0 radical (unpaired) electrons. The number of carbonyl (C=O) groups excluding carboxylic acids is 1. The van der Waals surface area contributed by atoms with Gasteiger partial charge in [0.25, 0.3) is 0 Å². The fourth-order valence-electron chi connectivity index (χ4n) is 4.06. The first kappa shape index (κ1) is 19.5. The first-order valence-electron chi connectivity index (χ1n) is 9.66. The molecule has 0 bridgehead atoms. The molecule has 3 aromatic rings. The minimum Gasteiger partial charge on any atom is -0.497 e. The fourth-order valence-corrected chi connectivity index (χ4v) is 5.15. The van der Waals surface area contributed by atoms with Crippen LogP contribution in [0.25, 0.3) is 0 Å². The van der Waals surface area contributed by atoms with Crippen molar-refractivity contribution in [3.05, 3.63) is 56.5 Å². The van der Waals surface area contributed by atoms with Crippen LogP contribution in [0.4, 0.5) is 11.5 Å². The summed E-state index contributed by atoms with van der Waals surface area (Å²) in [6.07, 6.45) is 0.201. The molecule has 2 aliphatic rings. The molecule has 0 spiro atoms. The van der Waals surface area contributed by atoms with Gasteiger partial charge in [-0.25, -0.2) is 0 Å². The van der Waals surface area contributed by atoms with Gasteiger partial charge in [-0.3, -0.25) is 19.1 Å². The van der Waals surface area contributed by atoms with Gasteiger partial charge in [0.2, 0.25) is 18.4 Å². The summed E-state index contributed by atoms with van der Waals surface area (Å²) < 4.78 is 23.4. The molecule has 9 heteroatoms. The molecule has 0 saturated heterocycles. The summed E-state index contributed by atoms with van der Waals surface area (Å²) in [4.78, 5) is 28.3. The highest BCUT2D eigenvalue weighted by Crippen LogP contribution is 2.49. The number of hydrogen-bond donors (Lipinski definition) is 0. The maximum atomic E-state index is 13.4. The van der Waals surface area contributed by atoms with E-state index in [2.05, 4.69) is 0 Å². The number of benzene rings is 2. The van der Waals surface area contributed by atoms with Crippen molar-refractivity contribution < 1.29 is 23.7 Å². The van der Waals surface area contributed by atoms with E-state index in [1.807, 2.05) is 30.3 Å². The van der Waals surface area contributed by atoms with Crippen LogP contribution in [0.2, 0.25) is 0 Å². The summed E-state index contributed by atoms with van der Waals surface area (Å²) in [6.45, 7) is 0.117. The van der Waals surface area contributed by atoms with Crippen LogP contribution in [0.15, 0.2) is 41.2 Å². The van der Waals surface area contributed by atoms with Gasteiger partial charge in [-0.05, 0) is 29.8 Å². The predicted molar refractivity (Wildman–Crippen MR) is 115 cm³/mol. The second-order valence-electron chi connectivity index (χ2n) is 7.26. The Labute approximate surface area is 182 Å². The average molecular weight is 440 g/mol. The zero-order valence-corrected chi connectivity index (χ0v) is 18.0. The lowest BCUT2D eigenvalue weighted by molar-refractivity contribution is -0.118. The average Bonchev–Trinajstić information content (AvgIpc) is 3.37. The molecular weight excluding hydrogens is 420 g/mol. The minimum atomic E-state index is -0.299. The zero-order chi connectivity index (χ0) is 21.7. The van der Waals surface area contributed by atoms with E-state index in [1.165, 1.54) is 4.57 Å². The third-order valence-corrected chi connectivity index (χ3v) is 6.70. The van der Waals surface area contributed by atoms with Gasteiger partial charge in [0.15, 0.2) is 11.5 Å². The molecule has 1 aromatic heterocycles. The van der Waals surface area contributed by atoms with E-state index in [9.17, 15) is 9.59 Å². The second-order valence-corrected chi connectivity index (χ2v) is 8.25. The molecule has 0 aliphatic carbocycles. The van der Waals surface area contributed by atoms with E-state index in [4.69, 9.17) is 18.9 Å². The van der Waals surface area contributed by atoms with Gasteiger partial charge in [-0.2, -0.15) is 0 Å². The molecule has 3 heterocycles. The van der Waals surface area contributed by atoms with Gasteiger partial charge in [-0.15, -0.1) is 0 Å². The fraction of sp³-hybridized carbons (Fsp3) is 0.273. The van der Waals surface area contributed by atoms with E-state index in [0.717, 1.165) is 21.8 Å². The number of rotatable bonds is 4. The predicted octanol–water partition coefficient (Wildman–Crippen LogP) is 3.39. The van der Waals surface area contributed by atoms with Gasteiger partial charge in [0.05, 0.1) is 24.8 Å². The zero-order valence-electron chi connectivity index (χ0n) is 17.2. The van der Waals surface area contributed by atoms with Crippen LogP contribution < -0.4 is 28.7 Å². The molecule has 2 aromatic carbocycles. The van der Waals surface area contributed by atoms with Crippen LogP contribution in [0.5, 0.6) is 23.0 Å². The minimum absolute atomic E-state index is 0.115. The Balaban J connectivity index is 1.66. The maximum Gasteiger partial charge on any atom is 0.308 e. The number of fused-ring (bicyclic) bond motifs is 2. The van der Waals surface area contributed by atoms with Crippen LogP contribution in [-0.4, -0.2) is 31.5 Å². The quantitative estimate of drug-likeness (QED) is 0.619. The number of hydrogen-bond acceptors (Lipinski definition) is 7. The Morgan fingerprint density at radius 2 is 1.94 bits per heavy atom. The van der Waals surface area contributed by atoms with Crippen molar-refractivity contribution in [3.8, 4) is 23.0 Å². The molecule has 8 nitrogen and oxygen atoms in total. The van der Waals surface area contributed by atoms with Crippen LogP contribution >= 0.6 is 11.3 Å². The summed E-state index contributed by atoms with van der Waals surface area (Å²) in [5, 5.41) is 0. The summed E-state index contributed by atoms with van der Waals surface area (Å²) >= 11 is 1.15. The Kier molecular flexibility index (Phi) is 4.62. The largest absolute Gasteiger partial charge is 0.497 e. The SMILES string of the molecule is COc1cccc(N2C(=O)C[C@@H](c3cc(OC)c4c(c3)OCO4)c3sc(=O)n(C)c32)c1. The highest BCUT2D eigenvalue weighted by atomic mass is 32.1. The van der Waals surface area contributed by atoms with Crippen LogP contribution in [-0.2, 0) is 11.8 Å². The topological polar surface area (TPSA) is 79.2 Å². The molecule has 0 saturated carbocycles. The first-order valence-corrected chi connectivity index (χ1v) is 10.5. The number of amides is 1. The third-order valence-electron chi connectivity index (χ3n) is 5.56. The van der Waals surface area contributed by atoms with E-state index in [1.54, 1.807) is 32.2 Å². The molecule has 1 amide bonds. The van der Waals surface area contributed by atoms with E-state index < -0.39 is 0 Å². The molecule has 0 N–H and O–H groups in total. The summed E-state index contributed by atoms with van der Waals surface area (Å²) in [7, 11) is 4.82. The lowest BCUT2D eigenvalue weighted by atomic mass is 9.90. The van der Waals surface area contributed by atoms with Gasteiger partial charge in [0.1, 0.15) is 11.6 Å². The van der Waals surface area contributed by atoms with Crippen molar-refractivity contribution in [1.82, 2.24) is 4.57 Å². The standard InChI is InChI=1S/C22H20N2O6S/c1-23-21-20(31-22(23)26)15(12-7-16(28-3)19-17(8-12)29-11-30-19)10-18(25)24(21)13-5-4-6-14(9-13)27-2/h4-9,15H,10-11H2,1-3H3/t15-/m0/s1. The van der Waals surface area contributed by atoms with Crippen LogP contribution in [0.1, 0.15) is 22.8 Å². The number of aromatic nitrogens is 1. The van der Waals surface area contributed by atoms with Gasteiger partial charge in [0, 0.05) is 25.5 Å². The maximum absolute atomic E-state index is 13.4. The van der Waals surface area contributed by atoms with E-state index in [0.29, 0.717) is 34.5 Å². The molecule has 5 rings (SSSR count). The van der Waals surface area contributed by atoms with Crippen molar-refractivity contribution in [2.75, 3.05) is 25.9 Å². The highest BCUT2D eigenvalue weighted by Gasteiger charge is 2.38. The first-order chi connectivity index (χ1) is 15.0. The second kappa shape index (κ2) is 7.35. The lowest BCUT2D eigenvalue weighted by Crippen LogP contribution is -2.34. The summed E-state index contributed by atoms with van der Waals surface area (Å²) in [5.74, 6) is 2.45. The number of carbonyl (C=O) groups is 1. The van der Waals surface area contributed by atoms with Crippen LogP contribution in [0, 0.1) is 0 Å². The Bertz CT molecular complexity index is 1250. The van der Waals surface area contributed by atoms with Gasteiger partial charge in [-0.1, -0.05) is 17.4 Å². The van der Waals surface area contributed by atoms with E-state index >= 15 is 0 Å². The summed E-state index contributed by atoms with van der Waals surface area (Å²) in [5.41, 5.74) is 1.49. The number of ether oxygens (including phenoxy) is 4. The number of nitrogens with zero attached hydrogens (tertiary/aromatic N) is 2. The van der Waals surface area contributed by atoms with Gasteiger partial charge >= 0.3 is 4.87 Å². The molecule has 0 unspecified atom stereocenters. The van der Waals surface area contributed by atoms with Crippen molar-refractivity contribution in [3.63, 3.8) is 0 Å². The Hall–Kier alpha value is -3.46. The van der Waals surface area contributed by atoms with Crippen molar-refractivity contribution >= 4 is 28.7 Å². The number of anilines is 2. The number of thiazole rings is 1. The Morgan fingerprint density at radius 3 is 2.71 bits per heavy atom. The van der Waals surface area contributed by atoms with E-state index in [-0.39, 0.29) is 29.9 Å². The summed E-state index contributed by atoms with van der Waals surface area (Å²) in [6, 6.07) is 11.0. The Morgan fingerprint density at radius 1 is 1.10 bits per heavy atom. The molecule has 31 heavy (non-hydrogen) atoms. The lowest BCUT2D eigenvalue weighted by Gasteiger charge is -2.32. The van der Waals surface area contributed by atoms with Crippen LogP contribution in [0.3, 0.4) is 0 Å². The monoisotopic (exact) mass is 440 g/mol. The molecule has 2 aliphatic heterocycles. The smallest absolute Gasteiger partial charge is 0.308 e. The third kappa shape index (κ3) is 3.04. The molecule has 160 valence electrons. The van der Waals surface area contributed by atoms with Crippen molar-refractivity contribution in [2.24, 2.45) is 7.05 Å². The van der Waals surface area contributed by atoms with Gasteiger partial charge < -0.3 is 18.9 Å².